The molecule has 3 heterocycles. The SMILES string of the molecule is Cc1cc(C(F)(F)F)nc(N2CCN3CCC[C@@H]3C2)n1. The lowest BCUT2D eigenvalue weighted by molar-refractivity contribution is -0.141. The van der Waals surface area contributed by atoms with E-state index in [4.69, 9.17) is 0 Å². The third kappa shape index (κ3) is 2.59. The van der Waals surface area contributed by atoms with Gasteiger partial charge in [0.2, 0.25) is 5.95 Å². The van der Waals surface area contributed by atoms with Gasteiger partial charge in [-0.3, -0.25) is 4.90 Å². The van der Waals surface area contributed by atoms with Crippen LogP contribution in [0.25, 0.3) is 0 Å². The normalized spacial score (nSPS) is 24.0. The van der Waals surface area contributed by atoms with Crippen molar-refractivity contribution in [3.05, 3.63) is 17.5 Å². The summed E-state index contributed by atoms with van der Waals surface area (Å²) in [6.07, 6.45) is -2.15. The Morgan fingerprint density at radius 2 is 2.00 bits per heavy atom. The molecular weight excluding hydrogens is 269 g/mol. The van der Waals surface area contributed by atoms with Crippen LogP contribution in [0, 0.1) is 6.92 Å². The van der Waals surface area contributed by atoms with Crippen LogP contribution in [0.15, 0.2) is 6.07 Å². The van der Waals surface area contributed by atoms with E-state index in [1.807, 2.05) is 4.90 Å². The van der Waals surface area contributed by atoms with Crippen LogP contribution in [0.1, 0.15) is 24.2 Å². The lowest BCUT2D eigenvalue weighted by atomic mass is 10.1. The highest BCUT2D eigenvalue weighted by Gasteiger charge is 2.35. The second kappa shape index (κ2) is 4.87. The molecule has 20 heavy (non-hydrogen) atoms. The molecule has 3 rings (SSSR count). The minimum absolute atomic E-state index is 0.212. The summed E-state index contributed by atoms with van der Waals surface area (Å²) in [7, 11) is 0. The van der Waals surface area contributed by atoms with Gasteiger partial charge in [-0.1, -0.05) is 0 Å². The third-order valence-electron chi connectivity index (χ3n) is 4.00. The van der Waals surface area contributed by atoms with Crippen LogP contribution in [0.2, 0.25) is 0 Å². The fourth-order valence-corrected chi connectivity index (χ4v) is 3.01. The number of fused-ring (bicyclic) bond motifs is 1. The van der Waals surface area contributed by atoms with E-state index in [0.29, 0.717) is 18.3 Å². The topological polar surface area (TPSA) is 32.3 Å². The molecule has 1 atom stereocenters. The highest BCUT2D eigenvalue weighted by Crippen LogP contribution is 2.30. The van der Waals surface area contributed by atoms with Crippen LogP contribution in [0.5, 0.6) is 0 Å². The first kappa shape index (κ1) is 13.6. The Kier molecular flexibility index (Phi) is 3.32. The molecule has 0 aromatic carbocycles. The van der Waals surface area contributed by atoms with Gasteiger partial charge >= 0.3 is 6.18 Å². The third-order valence-corrected chi connectivity index (χ3v) is 4.00. The first-order chi connectivity index (χ1) is 9.43. The zero-order valence-corrected chi connectivity index (χ0v) is 11.3. The van der Waals surface area contributed by atoms with Gasteiger partial charge in [-0.05, 0) is 32.4 Å². The van der Waals surface area contributed by atoms with Crippen LogP contribution in [0.3, 0.4) is 0 Å². The Morgan fingerprint density at radius 3 is 2.75 bits per heavy atom. The lowest BCUT2D eigenvalue weighted by Crippen LogP contribution is -2.50. The predicted octanol–water partition coefficient (Wildman–Crippen LogP) is 2.09. The van der Waals surface area contributed by atoms with Gasteiger partial charge in [-0.15, -0.1) is 0 Å². The molecule has 0 unspecified atom stereocenters. The maximum atomic E-state index is 12.8. The monoisotopic (exact) mass is 286 g/mol. The molecule has 7 heteroatoms. The van der Waals surface area contributed by atoms with E-state index < -0.39 is 11.9 Å². The minimum atomic E-state index is -4.42. The quantitative estimate of drug-likeness (QED) is 0.791. The molecule has 2 aliphatic rings. The summed E-state index contributed by atoms with van der Waals surface area (Å²) in [5.41, 5.74) is -0.495. The van der Waals surface area contributed by atoms with Crippen LogP contribution in [-0.2, 0) is 6.18 Å². The van der Waals surface area contributed by atoms with Crippen LogP contribution >= 0.6 is 0 Å². The molecule has 1 aromatic rings. The Hall–Kier alpha value is -1.37. The van der Waals surface area contributed by atoms with Crippen molar-refractivity contribution in [3.63, 3.8) is 0 Å². The van der Waals surface area contributed by atoms with Gasteiger partial charge in [0.15, 0.2) is 0 Å². The van der Waals surface area contributed by atoms with E-state index in [0.717, 1.165) is 32.1 Å². The van der Waals surface area contributed by atoms with Crippen molar-refractivity contribution < 1.29 is 13.2 Å². The van der Waals surface area contributed by atoms with E-state index in [2.05, 4.69) is 14.9 Å². The highest BCUT2D eigenvalue weighted by molar-refractivity contribution is 5.34. The Labute approximate surface area is 115 Å². The summed E-state index contributed by atoms with van der Waals surface area (Å²) < 4.78 is 38.4. The second-order valence-corrected chi connectivity index (χ2v) is 5.47. The number of hydrogen-bond donors (Lipinski definition) is 0. The molecule has 0 aliphatic carbocycles. The maximum absolute atomic E-state index is 12.8. The molecule has 0 N–H and O–H groups in total. The maximum Gasteiger partial charge on any atom is 0.433 e. The van der Waals surface area contributed by atoms with Crippen molar-refractivity contribution in [2.45, 2.75) is 32.0 Å². The lowest BCUT2D eigenvalue weighted by Gasteiger charge is -2.37. The number of piperazine rings is 1. The standard InChI is InChI=1S/C13H17F3N4/c1-9-7-11(13(14,15)16)18-12(17-9)20-6-5-19-4-2-3-10(19)8-20/h7,10H,2-6,8H2,1H3/t10-/m1/s1. The first-order valence-corrected chi connectivity index (χ1v) is 6.85. The number of rotatable bonds is 1. The number of nitrogens with zero attached hydrogens (tertiary/aromatic N) is 4. The minimum Gasteiger partial charge on any atom is -0.338 e. The van der Waals surface area contributed by atoms with Crippen molar-refractivity contribution in [3.8, 4) is 0 Å². The molecule has 0 radical (unpaired) electrons. The molecule has 0 amide bonds. The van der Waals surface area contributed by atoms with E-state index >= 15 is 0 Å². The Morgan fingerprint density at radius 1 is 1.20 bits per heavy atom. The zero-order valence-electron chi connectivity index (χ0n) is 11.3. The fourth-order valence-electron chi connectivity index (χ4n) is 3.01. The smallest absolute Gasteiger partial charge is 0.338 e. The number of halogens is 3. The van der Waals surface area contributed by atoms with Crippen molar-refractivity contribution >= 4 is 5.95 Å². The fraction of sp³-hybridized carbons (Fsp3) is 0.692. The van der Waals surface area contributed by atoms with Crippen molar-refractivity contribution in [2.24, 2.45) is 0 Å². The van der Waals surface area contributed by atoms with Gasteiger partial charge in [0.05, 0.1) is 0 Å². The summed E-state index contributed by atoms with van der Waals surface area (Å²) in [6, 6.07) is 1.43. The molecule has 2 saturated heterocycles. The van der Waals surface area contributed by atoms with Crippen LogP contribution in [0.4, 0.5) is 19.1 Å². The average molecular weight is 286 g/mol. The van der Waals surface area contributed by atoms with Gasteiger partial charge in [0, 0.05) is 31.4 Å². The van der Waals surface area contributed by atoms with Crippen molar-refractivity contribution in [1.29, 1.82) is 0 Å². The Bertz CT molecular complexity index is 503. The summed E-state index contributed by atoms with van der Waals surface area (Å²) >= 11 is 0. The van der Waals surface area contributed by atoms with Crippen LogP contribution in [-0.4, -0.2) is 47.1 Å². The molecule has 0 spiro atoms. The number of aromatic nitrogens is 2. The average Bonchev–Trinajstić information content (AvgIpc) is 2.84. The zero-order chi connectivity index (χ0) is 14.3. The summed E-state index contributed by atoms with van der Waals surface area (Å²) in [5.74, 6) is 0.212. The summed E-state index contributed by atoms with van der Waals surface area (Å²) in [6.45, 7) is 4.97. The summed E-state index contributed by atoms with van der Waals surface area (Å²) in [5, 5.41) is 0. The van der Waals surface area contributed by atoms with Gasteiger partial charge in [0.1, 0.15) is 5.69 Å². The van der Waals surface area contributed by atoms with Crippen molar-refractivity contribution in [1.82, 2.24) is 14.9 Å². The highest BCUT2D eigenvalue weighted by atomic mass is 19.4. The number of hydrogen-bond acceptors (Lipinski definition) is 4. The molecule has 2 fully saturated rings. The molecular formula is C13H17F3N4. The van der Waals surface area contributed by atoms with E-state index in [-0.39, 0.29) is 5.95 Å². The largest absolute Gasteiger partial charge is 0.433 e. The first-order valence-electron chi connectivity index (χ1n) is 6.85. The Balaban J connectivity index is 1.85. The van der Waals surface area contributed by atoms with E-state index in [1.165, 1.54) is 6.42 Å². The van der Waals surface area contributed by atoms with Gasteiger partial charge in [-0.25, -0.2) is 9.97 Å². The number of alkyl halides is 3. The van der Waals surface area contributed by atoms with E-state index in [9.17, 15) is 13.2 Å². The number of aryl methyl sites for hydroxylation is 1. The molecule has 2 aliphatic heterocycles. The van der Waals surface area contributed by atoms with Gasteiger partial charge in [-0.2, -0.15) is 13.2 Å². The van der Waals surface area contributed by atoms with E-state index in [1.54, 1.807) is 6.92 Å². The summed E-state index contributed by atoms with van der Waals surface area (Å²) in [4.78, 5) is 12.2. The predicted molar refractivity (Wildman–Crippen MR) is 68.6 cm³/mol. The van der Waals surface area contributed by atoms with Gasteiger partial charge < -0.3 is 4.90 Å². The van der Waals surface area contributed by atoms with Gasteiger partial charge in [0.25, 0.3) is 0 Å². The molecule has 0 saturated carbocycles. The molecule has 4 nitrogen and oxygen atoms in total. The molecule has 0 bridgehead atoms. The van der Waals surface area contributed by atoms with Crippen LogP contribution < -0.4 is 4.90 Å². The molecule has 110 valence electrons. The molecule has 1 aromatic heterocycles. The second-order valence-electron chi connectivity index (χ2n) is 5.47. The van der Waals surface area contributed by atoms with Crippen molar-refractivity contribution in [2.75, 3.05) is 31.1 Å². The number of anilines is 1.